The lowest BCUT2D eigenvalue weighted by Gasteiger charge is -2.24. The summed E-state index contributed by atoms with van der Waals surface area (Å²) in [7, 11) is 0. The molecule has 0 aromatic rings. The van der Waals surface area contributed by atoms with Crippen LogP contribution in [0.2, 0.25) is 0 Å². The summed E-state index contributed by atoms with van der Waals surface area (Å²) in [6.07, 6.45) is -0.354. The minimum Gasteiger partial charge on any atom is -0.480 e. The van der Waals surface area contributed by atoms with Crippen molar-refractivity contribution in [3.63, 3.8) is 0 Å². The van der Waals surface area contributed by atoms with Gasteiger partial charge in [-0.3, -0.25) is 28.8 Å². The second-order valence-electron chi connectivity index (χ2n) is 7.48. The molecule has 0 aromatic carbocycles. The van der Waals surface area contributed by atoms with Crippen LogP contribution < -0.4 is 33.2 Å². The molecule has 13 nitrogen and oxygen atoms in total. The Morgan fingerprint density at radius 1 is 0.806 bits per heavy atom. The molecule has 13 heteroatoms. The molecule has 0 bridgehead atoms. The third-order valence-electron chi connectivity index (χ3n) is 4.10. The first kappa shape index (κ1) is 27.8. The van der Waals surface area contributed by atoms with Crippen molar-refractivity contribution >= 4 is 35.5 Å². The van der Waals surface area contributed by atoms with Gasteiger partial charge in [-0.25, -0.2) is 0 Å². The van der Waals surface area contributed by atoms with Crippen molar-refractivity contribution in [1.82, 2.24) is 16.0 Å². The average molecular weight is 444 g/mol. The zero-order valence-electron chi connectivity index (χ0n) is 17.7. The van der Waals surface area contributed by atoms with Crippen molar-refractivity contribution < 1.29 is 33.9 Å². The Kier molecular flexibility index (Phi) is 12.5. The highest BCUT2D eigenvalue weighted by molar-refractivity contribution is 5.94. The van der Waals surface area contributed by atoms with Crippen molar-refractivity contribution in [2.75, 3.05) is 6.54 Å². The third kappa shape index (κ3) is 12.8. The van der Waals surface area contributed by atoms with Gasteiger partial charge in [0.25, 0.3) is 0 Å². The van der Waals surface area contributed by atoms with Gasteiger partial charge in [0.05, 0.1) is 6.04 Å². The molecule has 0 saturated heterocycles. The summed E-state index contributed by atoms with van der Waals surface area (Å²) in [6.45, 7) is 2.97. The summed E-state index contributed by atoms with van der Waals surface area (Å²) < 4.78 is 0. The molecule has 0 aliphatic carbocycles. The maximum atomic E-state index is 12.7. The van der Waals surface area contributed by atoms with Gasteiger partial charge in [-0.05, 0) is 25.2 Å². The molecule has 0 saturated carbocycles. The van der Waals surface area contributed by atoms with Gasteiger partial charge in [-0.2, -0.15) is 0 Å². The minimum absolute atomic E-state index is 0.0261. The van der Waals surface area contributed by atoms with Crippen LogP contribution in [-0.2, 0) is 28.8 Å². The van der Waals surface area contributed by atoms with E-state index in [1.54, 1.807) is 13.8 Å². The first-order valence-electron chi connectivity index (χ1n) is 9.75. The van der Waals surface area contributed by atoms with E-state index in [0.717, 1.165) is 0 Å². The molecule has 0 fully saturated rings. The molecule has 0 spiro atoms. The van der Waals surface area contributed by atoms with Gasteiger partial charge in [0.15, 0.2) is 0 Å². The summed E-state index contributed by atoms with van der Waals surface area (Å²) in [5.74, 6) is -4.85. The number of carbonyl (C=O) groups is 6. The van der Waals surface area contributed by atoms with E-state index < -0.39 is 60.2 Å². The zero-order valence-corrected chi connectivity index (χ0v) is 17.7. The largest absolute Gasteiger partial charge is 0.480 e. The molecule has 0 radical (unpaired) electrons. The van der Waals surface area contributed by atoms with Gasteiger partial charge in [0.2, 0.25) is 29.5 Å². The van der Waals surface area contributed by atoms with Gasteiger partial charge >= 0.3 is 5.97 Å². The molecule has 0 aliphatic rings. The van der Waals surface area contributed by atoms with E-state index in [0.29, 0.717) is 0 Å². The SMILES string of the molecule is CC(C)CC(NC(=O)C(CCC(N)=O)NC(=O)C(N)CCC(N)=O)C(=O)NCC(=O)O. The Balaban J connectivity index is 5.29. The highest BCUT2D eigenvalue weighted by Gasteiger charge is 2.29. The van der Waals surface area contributed by atoms with E-state index in [1.165, 1.54) is 0 Å². The number of rotatable bonds is 15. The molecule has 0 aliphatic heterocycles. The lowest BCUT2D eigenvalue weighted by molar-refractivity contribution is -0.138. The number of aliphatic carboxylic acids is 1. The van der Waals surface area contributed by atoms with Gasteiger partial charge in [-0.15, -0.1) is 0 Å². The number of hydrogen-bond donors (Lipinski definition) is 7. The molecule has 0 rings (SSSR count). The number of nitrogens with two attached hydrogens (primary N) is 3. The molecule has 3 atom stereocenters. The second-order valence-corrected chi connectivity index (χ2v) is 7.48. The van der Waals surface area contributed by atoms with Gasteiger partial charge < -0.3 is 38.3 Å². The number of carboxylic acid groups (broad SMARTS) is 1. The normalized spacial score (nSPS) is 13.5. The van der Waals surface area contributed by atoms with Crippen LogP contribution in [0.5, 0.6) is 0 Å². The fraction of sp³-hybridized carbons (Fsp3) is 0.667. The Hall–Kier alpha value is -3.22. The van der Waals surface area contributed by atoms with E-state index in [2.05, 4.69) is 16.0 Å². The smallest absolute Gasteiger partial charge is 0.322 e. The summed E-state index contributed by atoms with van der Waals surface area (Å²) in [5.41, 5.74) is 15.8. The molecular weight excluding hydrogens is 412 g/mol. The number of primary amides is 2. The minimum atomic E-state index is -1.25. The van der Waals surface area contributed by atoms with Crippen molar-refractivity contribution in [1.29, 1.82) is 0 Å². The number of carbonyl (C=O) groups excluding carboxylic acids is 5. The van der Waals surface area contributed by atoms with E-state index in [9.17, 15) is 28.8 Å². The van der Waals surface area contributed by atoms with Crippen LogP contribution in [0.3, 0.4) is 0 Å². The van der Waals surface area contributed by atoms with Crippen molar-refractivity contribution in [2.45, 2.75) is 64.1 Å². The zero-order chi connectivity index (χ0) is 24.1. The van der Waals surface area contributed by atoms with Crippen molar-refractivity contribution in [3.05, 3.63) is 0 Å². The van der Waals surface area contributed by atoms with Crippen molar-refractivity contribution in [3.8, 4) is 0 Å². The van der Waals surface area contributed by atoms with Crippen LogP contribution in [0.1, 0.15) is 46.0 Å². The molecule has 31 heavy (non-hydrogen) atoms. The summed E-state index contributed by atoms with van der Waals surface area (Å²) >= 11 is 0. The van der Waals surface area contributed by atoms with Gasteiger partial charge in [-0.1, -0.05) is 13.8 Å². The fourth-order valence-corrected chi connectivity index (χ4v) is 2.52. The molecule has 176 valence electrons. The number of amides is 5. The standard InChI is InChI=1S/C18H32N6O7/c1-9(2)7-12(17(30)22-8-15(27)28)24-18(31)11(4-6-14(21)26)23-16(29)10(19)3-5-13(20)25/h9-12H,3-8,19H2,1-2H3,(H2,20,25)(H2,21,26)(H,22,30)(H,23,29)(H,24,31)(H,27,28). The predicted octanol–water partition coefficient (Wildman–Crippen LogP) is -2.94. The van der Waals surface area contributed by atoms with E-state index >= 15 is 0 Å². The third-order valence-corrected chi connectivity index (χ3v) is 4.10. The quantitative estimate of drug-likeness (QED) is 0.137. The average Bonchev–Trinajstić information content (AvgIpc) is 2.65. The second kappa shape index (κ2) is 13.9. The molecular formula is C18H32N6O7. The first-order valence-corrected chi connectivity index (χ1v) is 9.75. The lowest BCUT2D eigenvalue weighted by Crippen LogP contribution is -2.56. The molecule has 5 amide bonds. The van der Waals surface area contributed by atoms with Crippen LogP contribution in [0, 0.1) is 5.92 Å². The number of nitrogens with one attached hydrogen (secondary N) is 3. The monoisotopic (exact) mass is 444 g/mol. The molecule has 0 aromatic heterocycles. The van der Waals surface area contributed by atoms with E-state index in [4.69, 9.17) is 22.3 Å². The van der Waals surface area contributed by atoms with Crippen LogP contribution in [0.25, 0.3) is 0 Å². The van der Waals surface area contributed by atoms with E-state index in [1.807, 2.05) is 0 Å². The topological polar surface area (TPSA) is 237 Å². The first-order chi connectivity index (χ1) is 14.3. The number of carboxylic acids is 1. The highest BCUT2D eigenvalue weighted by atomic mass is 16.4. The number of hydrogen-bond acceptors (Lipinski definition) is 7. The van der Waals surface area contributed by atoms with E-state index in [-0.39, 0.29) is 38.0 Å². The van der Waals surface area contributed by atoms with Crippen molar-refractivity contribution in [2.24, 2.45) is 23.1 Å². The molecule has 10 N–H and O–H groups in total. The molecule has 0 heterocycles. The predicted molar refractivity (Wildman–Crippen MR) is 109 cm³/mol. The van der Waals surface area contributed by atoms with Gasteiger partial charge in [0.1, 0.15) is 18.6 Å². The Morgan fingerprint density at radius 2 is 1.32 bits per heavy atom. The summed E-state index contributed by atoms with van der Waals surface area (Å²) in [6, 6.07) is -3.42. The van der Waals surface area contributed by atoms with Crippen LogP contribution in [0.15, 0.2) is 0 Å². The Labute approximate surface area is 179 Å². The highest BCUT2D eigenvalue weighted by Crippen LogP contribution is 2.07. The Bertz CT molecular complexity index is 682. The summed E-state index contributed by atoms with van der Waals surface area (Å²) in [4.78, 5) is 69.9. The summed E-state index contributed by atoms with van der Waals surface area (Å²) in [5, 5.41) is 15.7. The maximum absolute atomic E-state index is 12.7. The van der Waals surface area contributed by atoms with Crippen LogP contribution in [-0.4, -0.2) is 65.3 Å². The van der Waals surface area contributed by atoms with Crippen LogP contribution >= 0.6 is 0 Å². The Morgan fingerprint density at radius 3 is 1.81 bits per heavy atom. The fourth-order valence-electron chi connectivity index (χ4n) is 2.52. The maximum Gasteiger partial charge on any atom is 0.322 e. The van der Waals surface area contributed by atoms with Crippen LogP contribution in [0.4, 0.5) is 0 Å². The lowest BCUT2D eigenvalue weighted by atomic mass is 10.0. The molecule has 3 unspecified atom stereocenters. The van der Waals surface area contributed by atoms with Gasteiger partial charge in [0, 0.05) is 12.8 Å².